The average Bonchev–Trinajstić information content (AvgIpc) is 2.90. The molecular weight excluding hydrogens is 282 g/mol. The van der Waals surface area contributed by atoms with Gasteiger partial charge in [0, 0.05) is 9.75 Å². The molecule has 0 saturated heterocycles. The molecule has 0 fully saturated rings. The highest BCUT2D eigenvalue weighted by Gasteiger charge is 2.14. The average molecular weight is 303 g/mol. The van der Waals surface area contributed by atoms with Gasteiger partial charge in [0.05, 0.1) is 19.1 Å². The number of thiophene rings is 1. The van der Waals surface area contributed by atoms with E-state index < -0.39 is 0 Å². The Kier molecular flexibility index (Phi) is 5.53. The van der Waals surface area contributed by atoms with E-state index in [1.165, 1.54) is 10.4 Å². The first kappa shape index (κ1) is 15.7. The summed E-state index contributed by atoms with van der Waals surface area (Å²) in [5.41, 5.74) is 2.18. The van der Waals surface area contributed by atoms with E-state index in [1.54, 1.807) is 11.3 Å². The van der Waals surface area contributed by atoms with Gasteiger partial charge in [0.15, 0.2) is 0 Å². The Morgan fingerprint density at radius 2 is 1.95 bits per heavy atom. The SMILES string of the molecule is CCc1ccc(C(CO)NC(=O)Cc2ccc(C)s2)cc1. The maximum absolute atomic E-state index is 12.1. The van der Waals surface area contributed by atoms with Crippen LogP contribution in [0.5, 0.6) is 0 Å². The molecule has 1 aromatic heterocycles. The van der Waals surface area contributed by atoms with Crippen molar-refractivity contribution in [1.82, 2.24) is 5.32 Å². The van der Waals surface area contributed by atoms with Crippen molar-refractivity contribution in [2.75, 3.05) is 6.61 Å². The normalized spacial score (nSPS) is 12.1. The molecule has 3 nitrogen and oxygen atoms in total. The van der Waals surface area contributed by atoms with E-state index in [0.29, 0.717) is 6.42 Å². The van der Waals surface area contributed by atoms with Crippen molar-refractivity contribution in [3.63, 3.8) is 0 Å². The van der Waals surface area contributed by atoms with Gasteiger partial charge in [-0.15, -0.1) is 11.3 Å². The smallest absolute Gasteiger partial charge is 0.225 e. The second-order valence-electron chi connectivity index (χ2n) is 5.09. The number of carbonyl (C=O) groups excluding carboxylic acids is 1. The summed E-state index contributed by atoms with van der Waals surface area (Å²) in [6, 6.07) is 11.7. The standard InChI is InChI=1S/C17H21NO2S/c1-3-13-5-7-14(8-6-13)16(11-19)18-17(20)10-15-9-4-12(2)21-15/h4-9,16,19H,3,10-11H2,1-2H3,(H,18,20). The van der Waals surface area contributed by atoms with Gasteiger partial charge in [-0.3, -0.25) is 4.79 Å². The minimum absolute atomic E-state index is 0.0598. The van der Waals surface area contributed by atoms with Gasteiger partial charge < -0.3 is 10.4 Å². The number of amides is 1. The molecule has 2 rings (SSSR count). The summed E-state index contributed by atoms with van der Waals surface area (Å²) in [5.74, 6) is -0.0598. The number of aliphatic hydroxyl groups is 1. The lowest BCUT2D eigenvalue weighted by atomic mass is 10.0. The maximum atomic E-state index is 12.1. The zero-order valence-electron chi connectivity index (χ0n) is 12.4. The Bertz CT molecular complexity index is 589. The molecule has 21 heavy (non-hydrogen) atoms. The second-order valence-corrected chi connectivity index (χ2v) is 6.46. The first-order chi connectivity index (χ1) is 10.1. The highest BCUT2D eigenvalue weighted by Crippen LogP contribution is 2.17. The van der Waals surface area contributed by atoms with Crippen molar-refractivity contribution in [2.24, 2.45) is 0 Å². The highest BCUT2D eigenvalue weighted by molar-refractivity contribution is 7.12. The highest BCUT2D eigenvalue weighted by atomic mass is 32.1. The van der Waals surface area contributed by atoms with E-state index >= 15 is 0 Å². The summed E-state index contributed by atoms with van der Waals surface area (Å²) < 4.78 is 0. The van der Waals surface area contributed by atoms with Crippen LogP contribution in [0.4, 0.5) is 0 Å². The molecule has 1 amide bonds. The van der Waals surface area contributed by atoms with Crippen LogP contribution in [0.25, 0.3) is 0 Å². The number of hydrogen-bond donors (Lipinski definition) is 2. The van der Waals surface area contributed by atoms with Gasteiger partial charge in [-0.25, -0.2) is 0 Å². The first-order valence-corrected chi connectivity index (χ1v) is 7.98. The van der Waals surface area contributed by atoms with E-state index in [2.05, 4.69) is 12.2 Å². The van der Waals surface area contributed by atoms with Gasteiger partial charge in [-0.1, -0.05) is 31.2 Å². The number of aliphatic hydroxyl groups excluding tert-OH is 1. The van der Waals surface area contributed by atoms with E-state index in [-0.39, 0.29) is 18.6 Å². The number of rotatable bonds is 6. The largest absolute Gasteiger partial charge is 0.394 e. The molecule has 0 saturated carbocycles. The molecule has 1 atom stereocenters. The third-order valence-corrected chi connectivity index (χ3v) is 4.44. The van der Waals surface area contributed by atoms with Gasteiger partial charge in [0.25, 0.3) is 0 Å². The summed E-state index contributed by atoms with van der Waals surface area (Å²) in [6.45, 7) is 4.03. The molecule has 2 N–H and O–H groups in total. The van der Waals surface area contributed by atoms with Crippen LogP contribution in [0.1, 0.15) is 33.8 Å². The predicted octanol–water partition coefficient (Wildman–Crippen LogP) is 3.01. The van der Waals surface area contributed by atoms with Crippen molar-refractivity contribution in [3.8, 4) is 0 Å². The Balaban J connectivity index is 1.98. The number of aryl methyl sites for hydroxylation is 2. The molecule has 1 aromatic carbocycles. The molecule has 1 heterocycles. The van der Waals surface area contributed by atoms with Gasteiger partial charge in [0.2, 0.25) is 5.91 Å². The van der Waals surface area contributed by atoms with Crippen molar-refractivity contribution >= 4 is 17.2 Å². The van der Waals surface area contributed by atoms with Gasteiger partial charge in [-0.05, 0) is 36.6 Å². The minimum atomic E-state index is -0.343. The summed E-state index contributed by atoms with van der Waals surface area (Å²) in [4.78, 5) is 14.3. The van der Waals surface area contributed by atoms with Gasteiger partial charge in [-0.2, -0.15) is 0 Å². The quantitative estimate of drug-likeness (QED) is 0.862. The fraction of sp³-hybridized carbons (Fsp3) is 0.353. The fourth-order valence-corrected chi connectivity index (χ4v) is 3.09. The molecular formula is C17H21NO2S. The lowest BCUT2D eigenvalue weighted by molar-refractivity contribution is -0.121. The van der Waals surface area contributed by atoms with E-state index in [0.717, 1.165) is 16.9 Å². The molecule has 0 aliphatic carbocycles. The van der Waals surface area contributed by atoms with E-state index in [4.69, 9.17) is 0 Å². The molecule has 0 radical (unpaired) electrons. The van der Waals surface area contributed by atoms with Crippen LogP contribution >= 0.6 is 11.3 Å². The molecule has 0 bridgehead atoms. The first-order valence-electron chi connectivity index (χ1n) is 7.16. The fourth-order valence-electron chi connectivity index (χ4n) is 2.20. The number of carbonyl (C=O) groups is 1. The Morgan fingerprint density at radius 3 is 2.48 bits per heavy atom. The van der Waals surface area contributed by atoms with Crippen LogP contribution in [0.15, 0.2) is 36.4 Å². The van der Waals surface area contributed by atoms with Crippen molar-refractivity contribution < 1.29 is 9.90 Å². The topological polar surface area (TPSA) is 49.3 Å². The van der Waals surface area contributed by atoms with Crippen molar-refractivity contribution in [1.29, 1.82) is 0 Å². The lowest BCUT2D eigenvalue weighted by Gasteiger charge is -2.17. The summed E-state index contributed by atoms with van der Waals surface area (Å²) in [7, 11) is 0. The molecule has 4 heteroatoms. The van der Waals surface area contributed by atoms with Crippen LogP contribution in [0.2, 0.25) is 0 Å². The van der Waals surface area contributed by atoms with Gasteiger partial charge in [0.1, 0.15) is 0 Å². The Labute approximate surface area is 129 Å². The molecule has 0 aliphatic rings. The van der Waals surface area contributed by atoms with Crippen molar-refractivity contribution in [2.45, 2.75) is 32.7 Å². The Hall–Kier alpha value is -1.65. The molecule has 112 valence electrons. The zero-order valence-corrected chi connectivity index (χ0v) is 13.2. The number of nitrogens with one attached hydrogen (secondary N) is 1. The Morgan fingerprint density at radius 1 is 1.24 bits per heavy atom. The maximum Gasteiger partial charge on any atom is 0.225 e. The van der Waals surface area contributed by atoms with Crippen LogP contribution in [-0.4, -0.2) is 17.6 Å². The number of hydrogen-bond acceptors (Lipinski definition) is 3. The molecule has 0 spiro atoms. The summed E-state index contributed by atoms with van der Waals surface area (Å²) >= 11 is 1.63. The summed E-state index contributed by atoms with van der Waals surface area (Å²) in [5, 5.41) is 12.4. The third kappa shape index (κ3) is 4.41. The van der Waals surface area contributed by atoms with Crippen LogP contribution in [-0.2, 0) is 17.6 Å². The third-order valence-electron chi connectivity index (χ3n) is 3.44. The zero-order chi connectivity index (χ0) is 15.2. The molecule has 2 aromatic rings. The van der Waals surface area contributed by atoms with E-state index in [1.807, 2.05) is 43.3 Å². The minimum Gasteiger partial charge on any atom is -0.394 e. The lowest BCUT2D eigenvalue weighted by Crippen LogP contribution is -2.31. The van der Waals surface area contributed by atoms with Crippen molar-refractivity contribution in [3.05, 3.63) is 57.3 Å². The molecule has 0 aliphatic heterocycles. The predicted molar refractivity (Wildman–Crippen MR) is 86.5 cm³/mol. The van der Waals surface area contributed by atoms with Crippen LogP contribution in [0.3, 0.4) is 0 Å². The van der Waals surface area contributed by atoms with Gasteiger partial charge >= 0.3 is 0 Å². The van der Waals surface area contributed by atoms with Crippen LogP contribution in [0, 0.1) is 6.92 Å². The van der Waals surface area contributed by atoms with Crippen LogP contribution < -0.4 is 5.32 Å². The van der Waals surface area contributed by atoms with E-state index in [9.17, 15) is 9.90 Å². The summed E-state index contributed by atoms with van der Waals surface area (Å²) in [6.07, 6.45) is 1.34. The number of benzene rings is 1. The second kappa shape index (κ2) is 7.38. The monoisotopic (exact) mass is 303 g/mol. The molecule has 1 unspecified atom stereocenters.